The molecule has 0 bridgehead atoms. The minimum absolute atomic E-state index is 0.116. The molecule has 0 radical (unpaired) electrons. The summed E-state index contributed by atoms with van der Waals surface area (Å²) in [5.41, 5.74) is 1.84. The van der Waals surface area contributed by atoms with Gasteiger partial charge in [0.15, 0.2) is 0 Å². The zero-order chi connectivity index (χ0) is 19.8. The zero-order valence-corrected chi connectivity index (χ0v) is 16.3. The third-order valence-electron chi connectivity index (χ3n) is 5.21. The maximum absolute atomic E-state index is 13.1. The number of carbonyl (C=O) groups is 1. The van der Waals surface area contributed by atoms with Crippen LogP contribution in [0.4, 0.5) is 0 Å². The maximum atomic E-state index is 13.1. The van der Waals surface area contributed by atoms with E-state index >= 15 is 0 Å². The number of imidazole rings is 1. The number of hydrogen-bond acceptors (Lipinski definition) is 4. The first kappa shape index (κ1) is 18.3. The smallest absolute Gasteiger partial charge is 0.295 e. The van der Waals surface area contributed by atoms with Crippen LogP contribution in [0.1, 0.15) is 41.3 Å². The zero-order valence-electron chi connectivity index (χ0n) is 16.3. The van der Waals surface area contributed by atoms with Crippen LogP contribution in [0.15, 0.2) is 40.3 Å². The summed E-state index contributed by atoms with van der Waals surface area (Å²) in [5.74, 6) is 1.39. The van der Waals surface area contributed by atoms with Crippen molar-refractivity contribution in [2.24, 2.45) is 0 Å². The summed E-state index contributed by atoms with van der Waals surface area (Å²) >= 11 is 0. The Balaban J connectivity index is 1.86. The summed E-state index contributed by atoms with van der Waals surface area (Å²) in [6.45, 7) is 9.33. The lowest BCUT2D eigenvalue weighted by atomic mass is 10.1. The van der Waals surface area contributed by atoms with E-state index in [1.165, 1.54) is 0 Å². The van der Waals surface area contributed by atoms with E-state index in [4.69, 9.17) is 4.42 Å². The van der Waals surface area contributed by atoms with E-state index in [1.54, 1.807) is 21.2 Å². The summed E-state index contributed by atoms with van der Waals surface area (Å²) in [5, 5.41) is 0. The molecule has 0 atom stereocenters. The fourth-order valence-electron chi connectivity index (χ4n) is 3.85. The number of amides is 1. The molecule has 28 heavy (non-hydrogen) atoms. The molecule has 0 N–H and O–H groups in total. The summed E-state index contributed by atoms with van der Waals surface area (Å²) < 4.78 is 8.91. The highest BCUT2D eigenvalue weighted by Gasteiger charge is 2.23. The minimum atomic E-state index is -0.256. The average Bonchev–Trinajstić information content (AvgIpc) is 3.27. The SMILES string of the molecule is C=CCn1c(-c2cc(C)oc2C)cn2cc(C(=O)N3CCCCC3)nc2c1=O. The number of fused-ring (bicyclic) bond motifs is 1. The monoisotopic (exact) mass is 380 g/mol. The molecule has 0 aliphatic carbocycles. The van der Waals surface area contributed by atoms with E-state index in [0.29, 0.717) is 17.9 Å². The van der Waals surface area contributed by atoms with Crippen LogP contribution in [0, 0.1) is 13.8 Å². The molecular formula is C21H24N4O3. The first-order valence-corrected chi connectivity index (χ1v) is 9.59. The highest BCUT2D eigenvalue weighted by molar-refractivity contribution is 5.93. The summed E-state index contributed by atoms with van der Waals surface area (Å²) in [6.07, 6.45) is 8.32. The number of furan rings is 1. The van der Waals surface area contributed by atoms with Gasteiger partial charge in [-0.1, -0.05) is 6.08 Å². The second-order valence-corrected chi connectivity index (χ2v) is 7.26. The first-order valence-electron chi connectivity index (χ1n) is 9.59. The highest BCUT2D eigenvalue weighted by Crippen LogP contribution is 2.26. The number of hydrogen-bond donors (Lipinski definition) is 0. The van der Waals surface area contributed by atoms with Gasteiger partial charge >= 0.3 is 0 Å². The summed E-state index contributed by atoms with van der Waals surface area (Å²) in [6, 6.07) is 1.91. The number of carbonyl (C=O) groups excluding carboxylic acids is 1. The van der Waals surface area contributed by atoms with Crippen LogP contribution in [0.25, 0.3) is 16.9 Å². The number of aromatic nitrogens is 3. The topological polar surface area (TPSA) is 72.8 Å². The summed E-state index contributed by atoms with van der Waals surface area (Å²) in [7, 11) is 0. The van der Waals surface area contributed by atoms with Crippen molar-refractivity contribution in [2.75, 3.05) is 13.1 Å². The Kier molecular flexibility index (Phi) is 4.66. The van der Waals surface area contributed by atoms with E-state index in [1.807, 2.05) is 31.0 Å². The Morgan fingerprint density at radius 2 is 2.00 bits per heavy atom. The maximum Gasteiger partial charge on any atom is 0.295 e. The highest BCUT2D eigenvalue weighted by atomic mass is 16.3. The minimum Gasteiger partial charge on any atom is -0.466 e. The van der Waals surface area contributed by atoms with E-state index in [0.717, 1.165) is 49.4 Å². The lowest BCUT2D eigenvalue weighted by Crippen LogP contribution is -2.35. The van der Waals surface area contributed by atoms with Crippen molar-refractivity contribution >= 4 is 11.6 Å². The van der Waals surface area contributed by atoms with Gasteiger partial charge in [-0.2, -0.15) is 0 Å². The van der Waals surface area contributed by atoms with Gasteiger partial charge in [-0.05, 0) is 39.2 Å². The van der Waals surface area contributed by atoms with Crippen LogP contribution in [-0.4, -0.2) is 37.8 Å². The average molecular weight is 380 g/mol. The molecule has 7 heteroatoms. The lowest BCUT2D eigenvalue weighted by molar-refractivity contribution is 0.0719. The Hall–Kier alpha value is -3.09. The van der Waals surface area contributed by atoms with Gasteiger partial charge in [0.25, 0.3) is 11.5 Å². The molecule has 7 nitrogen and oxygen atoms in total. The van der Waals surface area contributed by atoms with Gasteiger partial charge in [-0.25, -0.2) is 4.98 Å². The summed E-state index contributed by atoms with van der Waals surface area (Å²) in [4.78, 5) is 32.1. The predicted octanol–water partition coefficient (Wildman–Crippen LogP) is 3.18. The fourth-order valence-corrected chi connectivity index (χ4v) is 3.85. The van der Waals surface area contributed by atoms with Crippen LogP contribution in [0.5, 0.6) is 0 Å². The molecule has 3 aromatic heterocycles. The third kappa shape index (κ3) is 3.06. The largest absolute Gasteiger partial charge is 0.466 e. The molecule has 1 saturated heterocycles. The molecule has 1 amide bonds. The first-order chi connectivity index (χ1) is 13.5. The van der Waals surface area contributed by atoms with Gasteiger partial charge in [0.05, 0.1) is 5.69 Å². The van der Waals surface area contributed by atoms with Crippen LogP contribution < -0.4 is 5.56 Å². The second-order valence-electron chi connectivity index (χ2n) is 7.26. The quantitative estimate of drug-likeness (QED) is 0.652. The molecule has 1 aliphatic heterocycles. The van der Waals surface area contributed by atoms with Crippen LogP contribution in [0.2, 0.25) is 0 Å². The van der Waals surface area contributed by atoms with Gasteiger partial charge in [-0.15, -0.1) is 6.58 Å². The van der Waals surface area contributed by atoms with E-state index < -0.39 is 0 Å². The molecule has 0 aromatic carbocycles. The van der Waals surface area contributed by atoms with Gasteiger partial charge in [0.1, 0.15) is 17.2 Å². The van der Waals surface area contributed by atoms with Crippen molar-refractivity contribution in [1.82, 2.24) is 18.9 Å². The molecule has 4 heterocycles. The molecule has 1 fully saturated rings. The standard InChI is InChI=1S/C21H24N4O3/c1-4-8-25-18(16-11-14(2)28-15(16)3)13-24-12-17(22-19(24)21(25)27)20(26)23-9-6-5-7-10-23/h4,11-13H,1,5-10H2,2-3H3. The van der Waals surface area contributed by atoms with E-state index in [9.17, 15) is 9.59 Å². The van der Waals surface area contributed by atoms with E-state index in [-0.39, 0.29) is 17.1 Å². The molecule has 0 spiro atoms. The number of rotatable bonds is 4. The Labute approximate surface area is 162 Å². The van der Waals surface area contributed by atoms with Crippen molar-refractivity contribution in [3.05, 3.63) is 58.7 Å². The van der Waals surface area contributed by atoms with Crippen molar-refractivity contribution in [1.29, 1.82) is 0 Å². The molecule has 3 aromatic rings. The molecule has 0 saturated carbocycles. The molecule has 1 aliphatic rings. The van der Waals surface area contributed by atoms with Crippen molar-refractivity contribution in [2.45, 2.75) is 39.7 Å². The van der Waals surface area contributed by atoms with Crippen molar-refractivity contribution in [3.8, 4) is 11.3 Å². The van der Waals surface area contributed by atoms with Crippen LogP contribution >= 0.6 is 0 Å². The predicted molar refractivity (Wildman–Crippen MR) is 107 cm³/mol. The van der Waals surface area contributed by atoms with Gasteiger partial charge in [0, 0.05) is 37.6 Å². The number of allylic oxidation sites excluding steroid dienone is 1. The number of piperidine rings is 1. The van der Waals surface area contributed by atoms with Gasteiger partial charge < -0.3 is 9.32 Å². The lowest BCUT2D eigenvalue weighted by Gasteiger charge is -2.25. The van der Waals surface area contributed by atoms with Gasteiger partial charge in [-0.3, -0.25) is 18.6 Å². The second kappa shape index (κ2) is 7.14. The molecular weight excluding hydrogens is 356 g/mol. The van der Waals surface area contributed by atoms with Crippen molar-refractivity contribution < 1.29 is 9.21 Å². The number of aryl methyl sites for hydroxylation is 2. The third-order valence-corrected chi connectivity index (χ3v) is 5.21. The Morgan fingerprint density at radius 1 is 1.25 bits per heavy atom. The van der Waals surface area contributed by atoms with Crippen LogP contribution in [0.3, 0.4) is 0 Å². The Bertz CT molecular complexity index is 1110. The number of nitrogens with zero attached hydrogens (tertiary/aromatic N) is 4. The fraction of sp³-hybridized carbons (Fsp3) is 0.381. The normalized spacial score (nSPS) is 14.6. The molecule has 4 rings (SSSR count). The van der Waals surface area contributed by atoms with E-state index in [2.05, 4.69) is 11.6 Å². The molecule has 0 unspecified atom stereocenters. The Morgan fingerprint density at radius 3 is 2.64 bits per heavy atom. The molecule has 146 valence electrons. The van der Waals surface area contributed by atoms with Crippen molar-refractivity contribution in [3.63, 3.8) is 0 Å². The number of likely N-dealkylation sites (tertiary alicyclic amines) is 1. The van der Waals surface area contributed by atoms with Crippen LogP contribution in [-0.2, 0) is 6.54 Å². The van der Waals surface area contributed by atoms with Gasteiger partial charge in [0.2, 0.25) is 5.65 Å².